The Morgan fingerprint density at radius 1 is 0.909 bits per heavy atom. The van der Waals surface area contributed by atoms with E-state index in [2.05, 4.69) is 19.1 Å². The van der Waals surface area contributed by atoms with Crippen LogP contribution in [0.3, 0.4) is 0 Å². The van der Waals surface area contributed by atoms with Gasteiger partial charge in [0.05, 0.1) is 0 Å². The van der Waals surface area contributed by atoms with Crippen molar-refractivity contribution in [3.8, 4) is 0 Å². The van der Waals surface area contributed by atoms with Gasteiger partial charge in [0.2, 0.25) is 0 Å². The van der Waals surface area contributed by atoms with Crippen molar-refractivity contribution in [2.24, 2.45) is 0 Å². The third-order valence-corrected chi connectivity index (χ3v) is 0.940. The molecule has 0 bridgehead atoms. The van der Waals surface area contributed by atoms with Crippen LogP contribution in [0.2, 0.25) is 0 Å². The first-order chi connectivity index (χ1) is 4.39. The van der Waals surface area contributed by atoms with Gasteiger partial charge in [-0.2, -0.15) is 0 Å². The van der Waals surface area contributed by atoms with E-state index in [4.69, 9.17) is 0 Å². The Kier molecular flexibility index (Phi) is 19.6. The molecule has 0 aliphatic rings. The fraction of sp³-hybridized carbons (Fsp3) is 0.300. The second-order valence-corrected chi connectivity index (χ2v) is 1.65. The van der Waals surface area contributed by atoms with Crippen molar-refractivity contribution in [2.75, 3.05) is 0 Å². The van der Waals surface area contributed by atoms with Crippen LogP contribution in [0, 0.1) is 14.4 Å². The summed E-state index contributed by atoms with van der Waals surface area (Å²) in [4.78, 5) is 0. The molecule has 1 heteroatoms. The minimum Gasteiger partial charge on any atom is -0.358 e. The van der Waals surface area contributed by atoms with Crippen LogP contribution in [0.25, 0.3) is 0 Å². The molecule has 0 saturated heterocycles. The molecule has 0 heterocycles. The molecule has 11 heavy (non-hydrogen) atoms. The van der Waals surface area contributed by atoms with Crippen LogP contribution in [-0.4, -0.2) is 0 Å². The third-order valence-electron chi connectivity index (χ3n) is 0.940. The zero-order chi connectivity index (χ0) is 7.11. The molecule has 0 radical (unpaired) electrons. The molecule has 0 N–H and O–H groups in total. The minimum atomic E-state index is 0. The maximum absolute atomic E-state index is 2.08. The molecule has 1 rings (SSSR count). The van der Waals surface area contributed by atoms with Crippen molar-refractivity contribution in [3.63, 3.8) is 0 Å². The van der Waals surface area contributed by atoms with Gasteiger partial charge >= 0.3 is 0 Å². The topological polar surface area (TPSA) is 0 Å². The molecule has 0 aromatic heterocycles. The van der Waals surface area contributed by atoms with E-state index in [0.717, 1.165) is 0 Å². The Labute approximate surface area is 85.3 Å². The summed E-state index contributed by atoms with van der Waals surface area (Å²) in [5, 5.41) is 0. The summed E-state index contributed by atoms with van der Waals surface area (Å²) in [5.41, 5.74) is 1.32. The Morgan fingerprint density at radius 3 is 1.45 bits per heavy atom. The Bertz CT molecular complexity index is 135. The second-order valence-electron chi connectivity index (χ2n) is 1.65. The van der Waals surface area contributed by atoms with Gasteiger partial charge in [-0.05, 0) is 6.92 Å². The number of benzene rings is 1. The molecular weight excluding hydrogens is 304 g/mol. The SMILES string of the molecule is CC.Cc1ccccc1.[CH3-].[W]. The van der Waals surface area contributed by atoms with Crippen molar-refractivity contribution >= 4 is 0 Å². The summed E-state index contributed by atoms with van der Waals surface area (Å²) >= 11 is 0. The molecule has 0 aliphatic carbocycles. The summed E-state index contributed by atoms with van der Waals surface area (Å²) in [6, 6.07) is 10.3. The molecule has 0 amide bonds. The largest absolute Gasteiger partial charge is 0.358 e. The zero-order valence-electron chi connectivity index (χ0n) is 7.79. The van der Waals surface area contributed by atoms with Gasteiger partial charge in [0.15, 0.2) is 0 Å². The fourth-order valence-electron chi connectivity index (χ4n) is 0.534. The normalized spacial score (nSPS) is 6.09. The van der Waals surface area contributed by atoms with Gasteiger partial charge in [0, 0.05) is 21.1 Å². The van der Waals surface area contributed by atoms with Crippen LogP contribution in [0.1, 0.15) is 19.4 Å². The van der Waals surface area contributed by atoms with Crippen LogP contribution < -0.4 is 0 Å². The fourth-order valence-corrected chi connectivity index (χ4v) is 0.534. The van der Waals surface area contributed by atoms with Crippen LogP contribution in [0.5, 0.6) is 0 Å². The number of hydrogen-bond acceptors (Lipinski definition) is 0. The first kappa shape index (κ1) is 17.1. The van der Waals surface area contributed by atoms with E-state index in [1.807, 2.05) is 32.0 Å². The third kappa shape index (κ3) is 9.91. The average molecular weight is 321 g/mol. The molecule has 0 atom stereocenters. The van der Waals surface area contributed by atoms with Crippen molar-refractivity contribution < 1.29 is 21.1 Å². The van der Waals surface area contributed by atoms with Crippen molar-refractivity contribution in [1.82, 2.24) is 0 Å². The molecule has 0 spiro atoms. The number of aryl methyl sites for hydroxylation is 1. The standard InChI is InChI=1S/C7H8.C2H6.CH3.W/c1-7-5-3-2-4-6-7;1-2;;/h2-6H,1H3;1-2H3;1H3;/q;;-1;. The van der Waals surface area contributed by atoms with E-state index in [9.17, 15) is 0 Å². The van der Waals surface area contributed by atoms with Gasteiger partial charge in [0.1, 0.15) is 0 Å². The summed E-state index contributed by atoms with van der Waals surface area (Å²) in [6.07, 6.45) is 0. The summed E-state index contributed by atoms with van der Waals surface area (Å²) in [5.74, 6) is 0. The number of hydrogen-bond donors (Lipinski definition) is 0. The maximum atomic E-state index is 2.08. The predicted molar refractivity (Wildman–Crippen MR) is 48.9 cm³/mol. The van der Waals surface area contributed by atoms with Crippen LogP contribution in [0.15, 0.2) is 30.3 Å². The summed E-state index contributed by atoms with van der Waals surface area (Å²) in [7, 11) is 0. The van der Waals surface area contributed by atoms with E-state index in [-0.39, 0.29) is 28.5 Å². The molecule has 1 aromatic carbocycles. The van der Waals surface area contributed by atoms with Gasteiger partial charge < -0.3 is 7.43 Å². The Balaban J connectivity index is -0.000000149. The molecule has 0 aliphatic heterocycles. The van der Waals surface area contributed by atoms with Crippen LogP contribution in [0.4, 0.5) is 0 Å². The molecular formula is C10H17W-. The zero-order valence-corrected chi connectivity index (χ0v) is 10.7. The van der Waals surface area contributed by atoms with E-state index in [1.54, 1.807) is 0 Å². The van der Waals surface area contributed by atoms with Crippen molar-refractivity contribution in [1.29, 1.82) is 0 Å². The van der Waals surface area contributed by atoms with Gasteiger partial charge in [-0.15, -0.1) is 0 Å². The molecule has 0 fully saturated rings. The van der Waals surface area contributed by atoms with Crippen LogP contribution in [-0.2, 0) is 21.1 Å². The smallest absolute Gasteiger partial charge is 0 e. The quantitative estimate of drug-likeness (QED) is 0.642. The molecule has 0 unspecified atom stereocenters. The van der Waals surface area contributed by atoms with Crippen molar-refractivity contribution in [3.05, 3.63) is 43.3 Å². The van der Waals surface area contributed by atoms with E-state index in [0.29, 0.717) is 0 Å². The summed E-state index contributed by atoms with van der Waals surface area (Å²) in [6.45, 7) is 6.08. The Hall–Kier alpha value is -0.0917. The first-order valence-corrected chi connectivity index (χ1v) is 3.41. The second kappa shape index (κ2) is 12.6. The molecule has 1 aromatic rings. The van der Waals surface area contributed by atoms with Gasteiger partial charge in [-0.1, -0.05) is 49.7 Å². The molecule has 0 nitrogen and oxygen atoms in total. The Morgan fingerprint density at radius 2 is 1.27 bits per heavy atom. The van der Waals surface area contributed by atoms with Crippen molar-refractivity contribution in [2.45, 2.75) is 20.8 Å². The van der Waals surface area contributed by atoms with Gasteiger partial charge in [-0.3, -0.25) is 0 Å². The number of rotatable bonds is 0. The minimum absolute atomic E-state index is 0. The first-order valence-electron chi connectivity index (χ1n) is 3.41. The predicted octanol–water partition coefficient (Wildman–Crippen LogP) is 3.47. The van der Waals surface area contributed by atoms with Gasteiger partial charge in [0.25, 0.3) is 0 Å². The maximum Gasteiger partial charge on any atom is 0 e. The molecule has 0 saturated carbocycles. The molecule has 64 valence electrons. The van der Waals surface area contributed by atoms with E-state index < -0.39 is 0 Å². The average Bonchev–Trinajstić information content (AvgIpc) is 1.94. The summed E-state index contributed by atoms with van der Waals surface area (Å²) < 4.78 is 0. The van der Waals surface area contributed by atoms with Gasteiger partial charge in [-0.25, -0.2) is 0 Å². The van der Waals surface area contributed by atoms with E-state index in [1.165, 1.54) is 5.56 Å². The monoisotopic (exact) mass is 321 g/mol. The van der Waals surface area contributed by atoms with Crippen LogP contribution >= 0.6 is 0 Å². The van der Waals surface area contributed by atoms with E-state index >= 15 is 0 Å².